The predicted molar refractivity (Wildman–Crippen MR) is 137 cm³/mol. The van der Waals surface area contributed by atoms with Gasteiger partial charge in [-0.25, -0.2) is 4.98 Å². The van der Waals surface area contributed by atoms with Crippen LogP contribution in [0.3, 0.4) is 0 Å². The summed E-state index contributed by atoms with van der Waals surface area (Å²) in [4.78, 5) is 32.9. The average molecular weight is 523 g/mol. The third-order valence-electron chi connectivity index (χ3n) is 6.18. The summed E-state index contributed by atoms with van der Waals surface area (Å²) in [6, 6.07) is 9.47. The van der Waals surface area contributed by atoms with E-state index in [1.54, 1.807) is 41.5 Å². The van der Waals surface area contributed by atoms with Gasteiger partial charge in [0, 0.05) is 42.4 Å². The van der Waals surface area contributed by atoms with Crippen molar-refractivity contribution in [2.75, 3.05) is 28.6 Å². The van der Waals surface area contributed by atoms with Crippen molar-refractivity contribution in [3.05, 3.63) is 77.9 Å². The highest BCUT2D eigenvalue weighted by molar-refractivity contribution is 6.05. The van der Waals surface area contributed by atoms with Gasteiger partial charge in [-0.3, -0.25) is 9.36 Å². The van der Waals surface area contributed by atoms with Crippen molar-refractivity contribution in [3.8, 4) is 5.95 Å². The zero-order valence-electron chi connectivity index (χ0n) is 20.5. The SMILES string of the molecule is Cc1ccc(C(=O)Nc2cccc(C(F)(F)F)c2)cc1Nc1nc(N2CCCCC2)nc(-n2ccnc2)n1. The lowest BCUT2D eigenvalue weighted by atomic mass is 10.1. The van der Waals surface area contributed by atoms with E-state index in [1.807, 2.05) is 6.92 Å². The molecule has 12 heteroatoms. The Morgan fingerprint density at radius 1 is 0.974 bits per heavy atom. The molecule has 3 heterocycles. The number of nitrogens with one attached hydrogen (secondary N) is 2. The van der Waals surface area contributed by atoms with Crippen LogP contribution < -0.4 is 15.5 Å². The van der Waals surface area contributed by atoms with E-state index in [0.717, 1.165) is 50.0 Å². The minimum Gasteiger partial charge on any atom is -0.341 e. The Hall–Kier alpha value is -4.48. The lowest BCUT2D eigenvalue weighted by molar-refractivity contribution is -0.137. The van der Waals surface area contributed by atoms with Gasteiger partial charge in [-0.1, -0.05) is 12.1 Å². The number of aromatic nitrogens is 5. The van der Waals surface area contributed by atoms with Crippen LogP contribution in [0.25, 0.3) is 5.95 Å². The fourth-order valence-electron chi connectivity index (χ4n) is 4.13. The van der Waals surface area contributed by atoms with Crippen LogP contribution in [-0.4, -0.2) is 43.5 Å². The van der Waals surface area contributed by atoms with Gasteiger partial charge in [0.15, 0.2) is 0 Å². The largest absolute Gasteiger partial charge is 0.416 e. The van der Waals surface area contributed by atoms with E-state index in [1.165, 1.54) is 12.1 Å². The zero-order valence-corrected chi connectivity index (χ0v) is 20.5. The predicted octanol–water partition coefficient (Wildman–Crippen LogP) is 5.37. The Kier molecular flexibility index (Phi) is 6.95. The summed E-state index contributed by atoms with van der Waals surface area (Å²) in [5, 5.41) is 5.73. The molecule has 196 valence electrons. The lowest BCUT2D eigenvalue weighted by Gasteiger charge is -2.27. The lowest BCUT2D eigenvalue weighted by Crippen LogP contribution is -2.31. The molecule has 0 unspecified atom stereocenters. The van der Waals surface area contributed by atoms with E-state index in [4.69, 9.17) is 0 Å². The number of aryl methyl sites for hydroxylation is 1. The summed E-state index contributed by atoms with van der Waals surface area (Å²) in [6.45, 7) is 3.55. The van der Waals surface area contributed by atoms with E-state index in [-0.39, 0.29) is 11.3 Å². The molecule has 2 N–H and O–H groups in total. The summed E-state index contributed by atoms with van der Waals surface area (Å²) in [7, 11) is 0. The second-order valence-electron chi connectivity index (χ2n) is 8.96. The number of hydrogen-bond acceptors (Lipinski definition) is 7. The maximum atomic E-state index is 13.1. The maximum absolute atomic E-state index is 13.1. The molecule has 1 aliphatic heterocycles. The Morgan fingerprint density at radius 2 is 1.76 bits per heavy atom. The molecule has 1 aliphatic rings. The van der Waals surface area contributed by atoms with Gasteiger partial charge in [-0.2, -0.15) is 28.1 Å². The molecular weight excluding hydrogens is 497 g/mol. The Bertz CT molecular complexity index is 1430. The number of rotatable bonds is 6. The minimum absolute atomic E-state index is 0.0496. The second-order valence-corrected chi connectivity index (χ2v) is 8.96. The first-order valence-corrected chi connectivity index (χ1v) is 12.1. The molecule has 0 saturated carbocycles. The molecule has 1 amide bonds. The van der Waals surface area contributed by atoms with Crippen LogP contribution in [0.5, 0.6) is 0 Å². The number of carbonyl (C=O) groups excluding carboxylic acids is 1. The fourth-order valence-corrected chi connectivity index (χ4v) is 4.13. The van der Waals surface area contributed by atoms with E-state index in [9.17, 15) is 18.0 Å². The van der Waals surface area contributed by atoms with Crippen LogP contribution in [0.15, 0.2) is 61.2 Å². The minimum atomic E-state index is -4.51. The normalized spacial score (nSPS) is 13.8. The molecule has 38 heavy (non-hydrogen) atoms. The third kappa shape index (κ3) is 5.74. The van der Waals surface area contributed by atoms with Crippen LogP contribution in [0.2, 0.25) is 0 Å². The highest BCUT2D eigenvalue weighted by Crippen LogP contribution is 2.31. The number of nitrogens with zero attached hydrogens (tertiary/aromatic N) is 6. The average Bonchev–Trinajstić information content (AvgIpc) is 3.45. The summed E-state index contributed by atoms with van der Waals surface area (Å²) < 4.78 is 40.8. The van der Waals surface area contributed by atoms with Crippen LogP contribution in [-0.2, 0) is 6.18 Å². The van der Waals surface area contributed by atoms with Gasteiger partial charge >= 0.3 is 6.18 Å². The second kappa shape index (κ2) is 10.5. The Balaban J connectivity index is 1.41. The van der Waals surface area contributed by atoms with Gasteiger partial charge in [0.2, 0.25) is 17.8 Å². The van der Waals surface area contributed by atoms with E-state index >= 15 is 0 Å². The first-order valence-electron chi connectivity index (χ1n) is 12.1. The number of hydrogen-bond donors (Lipinski definition) is 2. The van der Waals surface area contributed by atoms with Crippen molar-refractivity contribution < 1.29 is 18.0 Å². The van der Waals surface area contributed by atoms with E-state index in [0.29, 0.717) is 23.5 Å². The van der Waals surface area contributed by atoms with Crippen LogP contribution >= 0.6 is 0 Å². The van der Waals surface area contributed by atoms with Gasteiger partial charge in [0.1, 0.15) is 6.33 Å². The molecular formula is C26H25F3N8O. The molecule has 0 aliphatic carbocycles. The van der Waals surface area contributed by atoms with Gasteiger partial charge in [-0.15, -0.1) is 0 Å². The standard InChI is InChI=1S/C26H25F3N8O/c1-17-8-9-18(22(38)31-20-7-5-6-19(15-20)26(27,28)29)14-21(17)32-23-33-24(36-11-3-2-4-12-36)35-25(34-23)37-13-10-30-16-37/h5-10,13-16H,2-4,11-12H2,1H3,(H,31,38)(H,32,33,34,35). The number of carbonyl (C=O) groups is 1. The number of halogens is 3. The number of anilines is 4. The zero-order chi connectivity index (χ0) is 26.7. The van der Waals surface area contributed by atoms with Crippen molar-refractivity contribution in [2.24, 2.45) is 0 Å². The van der Waals surface area contributed by atoms with E-state index < -0.39 is 17.6 Å². The van der Waals surface area contributed by atoms with Gasteiger partial charge in [0.25, 0.3) is 5.91 Å². The summed E-state index contributed by atoms with van der Waals surface area (Å²) in [5.41, 5.74) is 0.873. The number of piperidine rings is 1. The Morgan fingerprint density at radius 3 is 2.50 bits per heavy atom. The molecule has 0 bridgehead atoms. The molecule has 2 aromatic carbocycles. The van der Waals surface area contributed by atoms with Gasteiger partial charge in [-0.05, 0) is 62.1 Å². The molecule has 1 fully saturated rings. The topological polar surface area (TPSA) is 101 Å². The van der Waals surface area contributed by atoms with Crippen molar-refractivity contribution in [3.63, 3.8) is 0 Å². The number of alkyl halides is 3. The number of amides is 1. The van der Waals surface area contributed by atoms with Crippen molar-refractivity contribution in [2.45, 2.75) is 32.4 Å². The number of benzene rings is 2. The quantitative estimate of drug-likeness (QED) is 0.351. The fraction of sp³-hybridized carbons (Fsp3) is 0.269. The molecule has 2 aromatic heterocycles. The van der Waals surface area contributed by atoms with Gasteiger partial charge in [0.05, 0.1) is 5.56 Å². The van der Waals surface area contributed by atoms with Crippen molar-refractivity contribution in [1.29, 1.82) is 0 Å². The summed E-state index contributed by atoms with van der Waals surface area (Å²) in [5.74, 6) is 0.692. The maximum Gasteiger partial charge on any atom is 0.416 e. The summed E-state index contributed by atoms with van der Waals surface area (Å²) in [6.07, 6.45) is 3.73. The molecule has 4 aromatic rings. The van der Waals surface area contributed by atoms with Crippen molar-refractivity contribution >= 4 is 29.2 Å². The highest BCUT2D eigenvalue weighted by Gasteiger charge is 2.30. The van der Waals surface area contributed by atoms with Crippen molar-refractivity contribution in [1.82, 2.24) is 24.5 Å². The van der Waals surface area contributed by atoms with Crippen LogP contribution in [0, 0.1) is 6.92 Å². The molecule has 1 saturated heterocycles. The Labute approximate surface area is 216 Å². The molecule has 5 rings (SSSR count). The van der Waals surface area contributed by atoms with Gasteiger partial charge < -0.3 is 15.5 Å². The van der Waals surface area contributed by atoms with Crippen LogP contribution in [0.4, 0.5) is 36.4 Å². The molecule has 0 radical (unpaired) electrons. The first kappa shape index (κ1) is 25.2. The molecule has 9 nitrogen and oxygen atoms in total. The highest BCUT2D eigenvalue weighted by atomic mass is 19.4. The monoisotopic (exact) mass is 522 g/mol. The smallest absolute Gasteiger partial charge is 0.341 e. The molecule has 0 atom stereocenters. The molecule has 0 spiro atoms. The van der Waals surface area contributed by atoms with Crippen LogP contribution in [0.1, 0.15) is 40.7 Å². The summed E-state index contributed by atoms with van der Waals surface area (Å²) >= 11 is 0. The first-order chi connectivity index (χ1) is 18.3. The van der Waals surface area contributed by atoms with E-state index in [2.05, 4.69) is 35.5 Å². The number of imidazole rings is 1. The third-order valence-corrected chi connectivity index (χ3v) is 6.18.